The fourth-order valence-electron chi connectivity index (χ4n) is 2.57. The monoisotopic (exact) mass is 458 g/mol. The summed E-state index contributed by atoms with van der Waals surface area (Å²) in [5.74, 6) is 1.58. The zero-order valence-electron chi connectivity index (χ0n) is 14.9. The standard InChI is InChI=1S/C17H27BrN2O3.2ClH/c1-3-22-16-12-14(11-15(18)17(16)23-4-2)13-19-5-6-20-7-9-21-10-8-20;;/h11-12,19H,3-10,13H2,1-2H3;2*1H. The van der Waals surface area contributed by atoms with Crippen molar-refractivity contribution in [3.05, 3.63) is 22.2 Å². The number of nitrogens with one attached hydrogen (secondary N) is 1. The van der Waals surface area contributed by atoms with E-state index in [1.807, 2.05) is 13.8 Å². The minimum atomic E-state index is 0. The van der Waals surface area contributed by atoms with Crippen LogP contribution < -0.4 is 14.8 Å². The van der Waals surface area contributed by atoms with E-state index in [9.17, 15) is 0 Å². The van der Waals surface area contributed by atoms with Crippen LogP contribution in [0.1, 0.15) is 19.4 Å². The number of nitrogens with zero attached hydrogens (tertiary/aromatic N) is 1. The highest BCUT2D eigenvalue weighted by atomic mass is 79.9. The van der Waals surface area contributed by atoms with Gasteiger partial charge in [0.25, 0.3) is 0 Å². The van der Waals surface area contributed by atoms with Crippen LogP contribution in [0.2, 0.25) is 0 Å². The molecule has 2 rings (SSSR count). The molecule has 0 bridgehead atoms. The number of halogens is 3. The van der Waals surface area contributed by atoms with Crippen LogP contribution in [0.3, 0.4) is 0 Å². The van der Waals surface area contributed by atoms with Crippen molar-refractivity contribution < 1.29 is 14.2 Å². The van der Waals surface area contributed by atoms with Crippen LogP contribution in [0.25, 0.3) is 0 Å². The molecule has 0 amide bonds. The van der Waals surface area contributed by atoms with Crippen molar-refractivity contribution in [2.75, 3.05) is 52.6 Å². The fraction of sp³-hybridized carbons (Fsp3) is 0.647. The van der Waals surface area contributed by atoms with Gasteiger partial charge < -0.3 is 19.5 Å². The molecule has 0 aliphatic carbocycles. The summed E-state index contributed by atoms with van der Waals surface area (Å²) in [5.41, 5.74) is 1.19. The minimum absolute atomic E-state index is 0. The summed E-state index contributed by atoms with van der Waals surface area (Å²) in [6.45, 7) is 11.8. The lowest BCUT2D eigenvalue weighted by Gasteiger charge is -2.26. The van der Waals surface area contributed by atoms with Crippen molar-refractivity contribution in [1.29, 1.82) is 0 Å². The van der Waals surface area contributed by atoms with Gasteiger partial charge in [0.1, 0.15) is 0 Å². The average Bonchev–Trinajstić information content (AvgIpc) is 2.56. The fourth-order valence-corrected chi connectivity index (χ4v) is 3.17. The maximum absolute atomic E-state index is 5.71. The normalized spacial score (nSPS) is 14.4. The Kier molecular flexibility index (Phi) is 13.8. The van der Waals surface area contributed by atoms with Crippen molar-refractivity contribution >= 4 is 40.7 Å². The molecular weight excluding hydrogens is 431 g/mol. The molecule has 1 heterocycles. The first-order valence-electron chi connectivity index (χ1n) is 8.33. The van der Waals surface area contributed by atoms with E-state index in [-0.39, 0.29) is 24.8 Å². The molecule has 1 aromatic carbocycles. The van der Waals surface area contributed by atoms with Crippen LogP contribution in [0.5, 0.6) is 11.5 Å². The molecular formula is C17H29BrCl2N2O3. The lowest BCUT2D eigenvalue weighted by atomic mass is 10.2. The van der Waals surface area contributed by atoms with Crippen LogP contribution in [0.4, 0.5) is 0 Å². The molecule has 1 fully saturated rings. The summed E-state index contributed by atoms with van der Waals surface area (Å²) in [4.78, 5) is 2.43. The first kappa shape index (κ1) is 24.8. The largest absolute Gasteiger partial charge is 0.490 e. The highest BCUT2D eigenvalue weighted by molar-refractivity contribution is 9.10. The van der Waals surface area contributed by atoms with Gasteiger partial charge in [0.05, 0.1) is 30.9 Å². The van der Waals surface area contributed by atoms with Crippen LogP contribution in [-0.4, -0.2) is 57.5 Å². The molecule has 25 heavy (non-hydrogen) atoms. The second-order valence-corrected chi connectivity index (χ2v) is 6.26. The quantitative estimate of drug-likeness (QED) is 0.572. The van der Waals surface area contributed by atoms with Gasteiger partial charge in [-0.1, -0.05) is 0 Å². The Bertz CT molecular complexity index is 489. The number of morpholine rings is 1. The summed E-state index contributed by atoms with van der Waals surface area (Å²) in [5, 5.41) is 3.50. The number of hydrogen-bond acceptors (Lipinski definition) is 5. The van der Waals surface area contributed by atoms with Gasteiger partial charge in [-0.05, 0) is 47.5 Å². The van der Waals surface area contributed by atoms with E-state index in [0.29, 0.717) is 13.2 Å². The van der Waals surface area contributed by atoms with Crippen molar-refractivity contribution in [2.24, 2.45) is 0 Å². The summed E-state index contributed by atoms with van der Waals surface area (Å²) < 4.78 is 17.7. The van der Waals surface area contributed by atoms with Gasteiger partial charge in [0, 0.05) is 32.7 Å². The van der Waals surface area contributed by atoms with E-state index >= 15 is 0 Å². The highest BCUT2D eigenvalue weighted by Crippen LogP contribution is 2.36. The first-order valence-corrected chi connectivity index (χ1v) is 9.12. The molecule has 1 aliphatic heterocycles. The van der Waals surface area contributed by atoms with Crippen molar-refractivity contribution in [2.45, 2.75) is 20.4 Å². The third kappa shape index (κ3) is 8.33. The topological polar surface area (TPSA) is 43.0 Å². The molecule has 0 saturated carbocycles. The van der Waals surface area contributed by atoms with Crippen LogP contribution in [0, 0.1) is 0 Å². The highest BCUT2D eigenvalue weighted by Gasteiger charge is 2.12. The zero-order valence-corrected chi connectivity index (χ0v) is 18.1. The van der Waals surface area contributed by atoms with Crippen molar-refractivity contribution in [3.63, 3.8) is 0 Å². The number of benzene rings is 1. The lowest BCUT2D eigenvalue weighted by Crippen LogP contribution is -2.40. The lowest BCUT2D eigenvalue weighted by molar-refractivity contribution is 0.0384. The van der Waals surface area contributed by atoms with E-state index in [0.717, 1.165) is 61.9 Å². The third-order valence-electron chi connectivity index (χ3n) is 3.70. The Morgan fingerprint density at radius 1 is 1.12 bits per heavy atom. The molecule has 5 nitrogen and oxygen atoms in total. The predicted octanol–water partition coefficient (Wildman–Crippen LogP) is 3.51. The van der Waals surface area contributed by atoms with E-state index in [4.69, 9.17) is 14.2 Å². The summed E-state index contributed by atoms with van der Waals surface area (Å²) in [6, 6.07) is 4.15. The summed E-state index contributed by atoms with van der Waals surface area (Å²) in [7, 11) is 0. The molecule has 146 valence electrons. The third-order valence-corrected chi connectivity index (χ3v) is 4.28. The molecule has 0 aromatic heterocycles. The van der Waals surface area contributed by atoms with Gasteiger partial charge in [-0.3, -0.25) is 4.90 Å². The maximum atomic E-state index is 5.71. The van der Waals surface area contributed by atoms with E-state index in [1.54, 1.807) is 0 Å². The van der Waals surface area contributed by atoms with Crippen LogP contribution >= 0.6 is 40.7 Å². The van der Waals surface area contributed by atoms with Gasteiger partial charge in [-0.2, -0.15) is 0 Å². The van der Waals surface area contributed by atoms with Crippen LogP contribution in [-0.2, 0) is 11.3 Å². The Hall–Kier alpha value is -0.240. The molecule has 8 heteroatoms. The van der Waals surface area contributed by atoms with Crippen molar-refractivity contribution in [3.8, 4) is 11.5 Å². The zero-order chi connectivity index (χ0) is 16.5. The molecule has 0 unspecified atom stereocenters. The van der Waals surface area contributed by atoms with Gasteiger partial charge in [0.2, 0.25) is 0 Å². The second kappa shape index (κ2) is 13.9. The van der Waals surface area contributed by atoms with Gasteiger partial charge in [0.15, 0.2) is 11.5 Å². The second-order valence-electron chi connectivity index (χ2n) is 5.40. The SMILES string of the molecule is CCOc1cc(CNCCN2CCOCC2)cc(Br)c1OCC.Cl.Cl. The Balaban J connectivity index is 0.00000288. The summed E-state index contributed by atoms with van der Waals surface area (Å²) >= 11 is 3.59. The number of ether oxygens (including phenoxy) is 3. The van der Waals surface area contributed by atoms with E-state index in [1.165, 1.54) is 5.56 Å². The molecule has 0 radical (unpaired) electrons. The van der Waals surface area contributed by atoms with E-state index < -0.39 is 0 Å². The van der Waals surface area contributed by atoms with Crippen LogP contribution in [0.15, 0.2) is 16.6 Å². The maximum Gasteiger partial charge on any atom is 0.175 e. The minimum Gasteiger partial charge on any atom is -0.490 e. The average molecular weight is 460 g/mol. The van der Waals surface area contributed by atoms with Gasteiger partial charge >= 0.3 is 0 Å². The van der Waals surface area contributed by atoms with Gasteiger partial charge in [-0.15, -0.1) is 24.8 Å². The van der Waals surface area contributed by atoms with Gasteiger partial charge in [-0.25, -0.2) is 0 Å². The number of hydrogen-bond donors (Lipinski definition) is 1. The molecule has 1 saturated heterocycles. The Morgan fingerprint density at radius 2 is 1.80 bits per heavy atom. The Morgan fingerprint density at radius 3 is 2.44 bits per heavy atom. The predicted molar refractivity (Wildman–Crippen MR) is 110 cm³/mol. The van der Waals surface area contributed by atoms with E-state index in [2.05, 4.69) is 38.3 Å². The molecule has 1 aliphatic rings. The molecule has 1 aromatic rings. The van der Waals surface area contributed by atoms with Crippen molar-refractivity contribution in [1.82, 2.24) is 10.2 Å². The smallest absolute Gasteiger partial charge is 0.175 e. The molecule has 0 atom stereocenters. The molecule has 0 spiro atoms. The Labute approximate surface area is 171 Å². The molecule has 1 N–H and O–H groups in total. The summed E-state index contributed by atoms with van der Waals surface area (Å²) in [6.07, 6.45) is 0. The first-order chi connectivity index (χ1) is 11.2. The number of rotatable bonds is 9.